The molecule has 1 aliphatic rings. The lowest BCUT2D eigenvalue weighted by Crippen LogP contribution is -2.43. The molecule has 1 aliphatic carbocycles. The summed E-state index contributed by atoms with van der Waals surface area (Å²) in [5.41, 5.74) is 3.75. The third kappa shape index (κ3) is 2.27. The van der Waals surface area contributed by atoms with Crippen molar-refractivity contribution in [3.8, 4) is 0 Å². The molecule has 2 nitrogen and oxygen atoms in total. The molecule has 1 aromatic carbocycles. The predicted molar refractivity (Wildman–Crippen MR) is 60.1 cm³/mol. The van der Waals surface area contributed by atoms with Gasteiger partial charge in [-0.05, 0) is 12.8 Å². The van der Waals surface area contributed by atoms with Gasteiger partial charge in [0.05, 0.1) is 0 Å². The van der Waals surface area contributed by atoms with E-state index in [1.54, 1.807) is 0 Å². The summed E-state index contributed by atoms with van der Waals surface area (Å²) in [6.45, 7) is 0.0620. The number of anilines is 1. The molecule has 7 heteroatoms. The topological polar surface area (TPSA) is 38.0 Å². The molecule has 0 unspecified atom stereocenters. The molecule has 0 spiro atoms. The molecule has 0 saturated heterocycles. The van der Waals surface area contributed by atoms with Crippen LogP contribution in [-0.2, 0) is 0 Å². The number of benzene rings is 1. The SMILES string of the molecule is NCC1(Nc2c(F)c(F)c(F)c(F)c2F)CCCC1. The van der Waals surface area contributed by atoms with Crippen molar-refractivity contribution in [2.75, 3.05) is 11.9 Å². The number of rotatable bonds is 3. The molecule has 1 fully saturated rings. The van der Waals surface area contributed by atoms with Crippen LogP contribution in [0.4, 0.5) is 27.6 Å². The molecule has 0 radical (unpaired) electrons. The molecule has 0 amide bonds. The van der Waals surface area contributed by atoms with Crippen LogP contribution >= 0.6 is 0 Å². The van der Waals surface area contributed by atoms with Crippen LogP contribution < -0.4 is 11.1 Å². The number of halogens is 5. The Bertz CT molecular complexity index is 468. The van der Waals surface area contributed by atoms with Crippen LogP contribution in [0.5, 0.6) is 0 Å². The Morgan fingerprint density at radius 2 is 1.26 bits per heavy atom. The summed E-state index contributed by atoms with van der Waals surface area (Å²) in [7, 11) is 0. The smallest absolute Gasteiger partial charge is 0.200 e. The fraction of sp³-hybridized carbons (Fsp3) is 0.500. The van der Waals surface area contributed by atoms with Gasteiger partial charge in [0.25, 0.3) is 0 Å². The van der Waals surface area contributed by atoms with Gasteiger partial charge in [0, 0.05) is 12.1 Å². The quantitative estimate of drug-likeness (QED) is 0.507. The summed E-state index contributed by atoms with van der Waals surface area (Å²) in [4.78, 5) is 0. The van der Waals surface area contributed by atoms with Crippen LogP contribution in [0.15, 0.2) is 0 Å². The second kappa shape index (κ2) is 4.96. The standard InChI is InChI=1S/C12H13F5N2/c13-6-7(14)9(16)11(10(17)8(6)15)19-12(5-18)3-1-2-4-12/h19H,1-5,18H2. The molecule has 106 valence electrons. The average Bonchev–Trinajstić information content (AvgIpc) is 2.88. The van der Waals surface area contributed by atoms with Gasteiger partial charge in [0.2, 0.25) is 5.82 Å². The molecular formula is C12H13F5N2. The minimum atomic E-state index is -2.16. The van der Waals surface area contributed by atoms with Crippen molar-refractivity contribution in [2.45, 2.75) is 31.2 Å². The first-order valence-corrected chi connectivity index (χ1v) is 5.91. The molecule has 0 heterocycles. The van der Waals surface area contributed by atoms with Crippen LogP contribution in [0.2, 0.25) is 0 Å². The Kier molecular flexibility index (Phi) is 3.66. The van der Waals surface area contributed by atoms with Crippen LogP contribution in [-0.4, -0.2) is 12.1 Å². The van der Waals surface area contributed by atoms with Gasteiger partial charge in [-0.25, -0.2) is 22.0 Å². The van der Waals surface area contributed by atoms with Gasteiger partial charge < -0.3 is 11.1 Å². The van der Waals surface area contributed by atoms with E-state index in [1.807, 2.05) is 0 Å². The predicted octanol–water partition coefficient (Wildman–Crippen LogP) is 3.07. The van der Waals surface area contributed by atoms with Gasteiger partial charge in [-0.1, -0.05) is 12.8 Å². The highest BCUT2D eigenvalue weighted by atomic mass is 19.2. The molecular weight excluding hydrogens is 267 g/mol. The summed E-state index contributed by atoms with van der Waals surface area (Å²) >= 11 is 0. The van der Waals surface area contributed by atoms with Crippen molar-refractivity contribution in [3.63, 3.8) is 0 Å². The first-order valence-electron chi connectivity index (χ1n) is 5.91. The number of nitrogens with two attached hydrogens (primary N) is 1. The summed E-state index contributed by atoms with van der Waals surface area (Å²) in [5, 5.41) is 2.43. The monoisotopic (exact) mass is 280 g/mol. The molecule has 19 heavy (non-hydrogen) atoms. The first-order chi connectivity index (χ1) is 8.92. The second-order valence-corrected chi connectivity index (χ2v) is 4.76. The molecule has 0 aliphatic heterocycles. The van der Waals surface area contributed by atoms with Gasteiger partial charge in [-0.15, -0.1) is 0 Å². The van der Waals surface area contributed by atoms with E-state index >= 15 is 0 Å². The van der Waals surface area contributed by atoms with Crippen LogP contribution in [0, 0.1) is 29.1 Å². The van der Waals surface area contributed by atoms with E-state index in [0.29, 0.717) is 12.8 Å². The minimum absolute atomic E-state index is 0.0620. The molecule has 0 atom stereocenters. The zero-order chi connectivity index (χ0) is 14.2. The van der Waals surface area contributed by atoms with Crippen molar-refractivity contribution < 1.29 is 22.0 Å². The van der Waals surface area contributed by atoms with Gasteiger partial charge in [0.1, 0.15) is 5.69 Å². The maximum absolute atomic E-state index is 13.5. The van der Waals surface area contributed by atoms with Gasteiger partial charge in [-0.2, -0.15) is 0 Å². The van der Waals surface area contributed by atoms with Crippen molar-refractivity contribution in [2.24, 2.45) is 5.73 Å². The summed E-state index contributed by atoms with van der Waals surface area (Å²) in [5.74, 6) is -9.76. The van der Waals surface area contributed by atoms with E-state index in [-0.39, 0.29) is 6.54 Å². The van der Waals surface area contributed by atoms with Gasteiger partial charge in [0.15, 0.2) is 23.3 Å². The molecule has 3 N–H and O–H groups in total. The molecule has 0 aromatic heterocycles. The maximum atomic E-state index is 13.5. The highest BCUT2D eigenvalue weighted by Crippen LogP contribution is 2.35. The summed E-state index contributed by atoms with van der Waals surface area (Å²) in [6, 6.07) is 0. The van der Waals surface area contributed by atoms with E-state index in [2.05, 4.69) is 5.32 Å². The van der Waals surface area contributed by atoms with Crippen LogP contribution in [0.25, 0.3) is 0 Å². The van der Waals surface area contributed by atoms with Crippen LogP contribution in [0.3, 0.4) is 0 Å². The Hall–Kier alpha value is -1.37. The molecule has 1 saturated carbocycles. The lowest BCUT2D eigenvalue weighted by atomic mass is 9.97. The summed E-state index contributed by atoms with van der Waals surface area (Å²) in [6.07, 6.45) is 2.64. The number of hydrogen-bond acceptors (Lipinski definition) is 2. The Balaban J connectivity index is 2.45. The van der Waals surface area contributed by atoms with Crippen molar-refractivity contribution in [3.05, 3.63) is 29.1 Å². The van der Waals surface area contributed by atoms with Gasteiger partial charge in [-0.3, -0.25) is 0 Å². The highest BCUT2D eigenvalue weighted by Gasteiger charge is 2.36. The molecule has 0 bridgehead atoms. The fourth-order valence-electron chi connectivity index (χ4n) is 2.41. The van der Waals surface area contributed by atoms with E-state index in [1.165, 1.54) is 0 Å². The zero-order valence-electron chi connectivity index (χ0n) is 10.0. The Labute approximate surface area is 106 Å². The normalized spacial score (nSPS) is 17.8. The van der Waals surface area contributed by atoms with E-state index in [0.717, 1.165) is 12.8 Å². The zero-order valence-corrected chi connectivity index (χ0v) is 10.0. The van der Waals surface area contributed by atoms with Crippen molar-refractivity contribution in [1.82, 2.24) is 0 Å². The van der Waals surface area contributed by atoms with E-state index in [9.17, 15) is 22.0 Å². The number of hydrogen-bond donors (Lipinski definition) is 2. The minimum Gasteiger partial charge on any atom is -0.373 e. The lowest BCUT2D eigenvalue weighted by Gasteiger charge is -2.30. The van der Waals surface area contributed by atoms with Gasteiger partial charge >= 0.3 is 0 Å². The molecule has 2 rings (SSSR count). The highest BCUT2D eigenvalue weighted by molar-refractivity contribution is 5.50. The van der Waals surface area contributed by atoms with Crippen LogP contribution in [0.1, 0.15) is 25.7 Å². The molecule has 1 aromatic rings. The third-order valence-electron chi connectivity index (χ3n) is 3.55. The average molecular weight is 280 g/mol. The maximum Gasteiger partial charge on any atom is 0.200 e. The largest absolute Gasteiger partial charge is 0.373 e. The third-order valence-corrected chi connectivity index (χ3v) is 3.55. The van der Waals surface area contributed by atoms with E-state index < -0.39 is 40.3 Å². The first kappa shape index (κ1) is 14.0. The Morgan fingerprint density at radius 3 is 1.68 bits per heavy atom. The summed E-state index contributed by atoms with van der Waals surface area (Å²) < 4.78 is 66.1. The van der Waals surface area contributed by atoms with Crippen molar-refractivity contribution >= 4 is 5.69 Å². The van der Waals surface area contributed by atoms with E-state index in [4.69, 9.17) is 5.73 Å². The Morgan fingerprint density at radius 1 is 0.842 bits per heavy atom. The number of nitrogens with one attached hydrogen (secondary N) is 1. The van der Waals surface area contributed by atoms with Crippen molar-refractivity contribution in [1.29, 1.82) is 0 Å². The lowest BCUT2D eigenvalue weighted by molar-refractivity contribution is 0.377. The fourth-order valence-corrected chi connectivity index (χ4v) is 2.41. The second-order valence-electron chi connectivity index (χ2n) is 4.76.